The highest BCUT2D eigenvalue weighted by atomic mass is 35.5. The fourth-order valence-corrected chi connectivity index (χ4v) is 2.65. The summed E-state index contributed by atoms with van der Waals surface area (Å²) >= 11 is 7.25. The van der Waals surface area contributed by atoms with Gasteiger partial charge in [0.25, 0.3) is 0 Å². The number of aliphatic imine (C=N–C) groups is 1. The molecular weight excluding hydrogens is 248 g/mol. The number of nitrogens with one attached hydrogen (secondary N) is 1. The van der Waals surface area contributed by atoms with Crippen molar-refractivity contribution in [2.75, 3.05) is 0 Å². The second-order valence-corrected chi connectivity index (χ2v) is 4.94. The van der Waals surface area contributed by atoms with Crippen molar-refractivity contribution in [2.24, 2.45) is 16.5 Å². The summed E-state index contributed by atoms with van der Waals surface area (Å²) in [7, 11) is 0. The van der Waals surface area contributed by atoms with E-state index in [4.69, 9.17) is 23.1 Å². The molecule has 2 heterocycles. The van der Waals surface area contributed by atoms with E-state index in [0.29, 0.717) is 11.4 Å². The van der Waals surface area contributed by atoms with E-state index < -0.39 is 5.72 Å². The summed E-state index contributed by atoms with van der Waals surface area (Å²) in [6.07, 6.45) is 1.73. The van der Waals surface area contributed by atoms with Crippen LogP contribution in [0.1, 0.15) is 4.88 Å². The molecule has 86 valence electrons. The average molecular weight is 259 g/mol. The van der Waals surface area contributed by atoms with Gasteiger partial charge in [0.05, 0.1) is 5.02 Å². The summed E-state index contributed by atoms with van der Waals surface area (Å²) in [5.74, 6) is 0.391. The Bertz CT molecular complexity index is 450. The van der Waals surface area contributed by atoms with Gasteiger partial charge in [-0.2, -0.15) is 0 Å². The van der Waals surface area contributed by atoms with Crippen LogP contribution < -0.4 is 16.8 Å². The fraction of sp³-hybridized carbons (Fsp3) is 0.222. The Morgan fingerprint density at radius 3 is 2.88 bits per heavy atom. The van der Waals surface area contributed by atoms with Gasteiger partial charge in [-0.15, -0.1) is 11.3 Å². The summed E-state index contributed by atoms with van der Waals surface area (Å²) in [6.45, 7) is 0. The van der Waals surface area contributed by atoms with Gasteiger partial charge in [-0.3, -0.25) is 0 Å². The maximum Gasteiger partial charge on any atom is 0.197 e. The minimum Gasteiger partial charge on any atom is -0.385 e. The lowest BCUT2D eigenvalue weighted by Crippen LogP contribution is -2.44. The van der Waals surface area contributed by atoms with Gasteiger partial charge in [0.2, 0.25) is 0 Å². The van der Waals surface area contributed by atoms with Crippen LogP contribution in [0.4, 0.5) is 0 Å². The smallest absolute Gasteiger partial charge is 0.197 e. The molecule has 1 aromatic rings. The number of thiophene rings is 1. The lowest BCUT2D eigenvalue weighted by molar-refractivity contribution is 0.0987. The van der Waals surface area contributed by atoms with Gasteiger partial charge in [-0.25, -0.2) is 4.99 Å². The summed E-state index contributed by atoms with van der Waals surface area (Å²) in [4.78, 5) is 4.83. The molecule has 1 aromatic heterocycles. The van der Waals surface area contributed by atoms with Gasteiger partial charge < -0.3 is 21.9 Å². The van der Waals surface area contributed by atoms with Gasteiger partial charge in [0, 0.05) is 22.8 Å². The molecule has 0 spiro atoms. The van der Waals surface area contributed by atoms with E-state index in [1.54, 1.807) is 11.4 Å². The maximum atomic E-state index is 10.2. The summed E-state index contributed by atoms with van der Waals surface area (Å²) in [5, 5.41) is 15.2. The second-order valence-electron chi connectivity index (χ2n) is 3.51. The monoisotopic (exact) mass is 258 g/mol. The molecule has 5 nitrogen and oxygen atoms in total. The van der Waals surface area contributed by atoms with Crippen molar-refractivity contribution in [1.29, 1.82) is 0 Å². The Kier molecular flexibility index (Phi) is 2.79. The highest BCUT2D eigenvalue weighted by Gasteiger charge is 2.28. The maximum absolute atomic E-state index is 10.2. The third-order valence-corrected chi connectivity index (χ3v) is 3.31. The molecule has 0 radical (unpaired) electrons. The number of nitrogens with two attached hydrogens (primary N) is 2. The van der Waals surface area contributed by atoms with Gasteiger partial charge in [0.15, 0.2) is 11.7 Å². The zero-order valence-electron chi connectivity index (χ0n) is 8.27. The van der Waals surface area contributed by atoms with Gasteiger partial charge in [-0.05, 0) is 6.07 Å². The van der Waals surface area contributed by atoms with Crippen LogP contribution in [-0.4, -0.2) is 16.8 Å². The molecule has 16 heavy (non-hydrogen) atoms. The number of hydrogen-bond donors (Lipinski definition) is 4. The number of nitrogens with zero attached hydrogens (tertiary/aromatic N) is 1. The highest BCUT2D eigenvalue weighted by molar-refractivity contribution is 7.10. The minimum absolute atomic E-state index is 0.102. The number of rotatable bonds is 2. The van der Waals surface area contributed by atoms with Crippen LogP contribution in [0.3, 0.4) is 0 Å². The largest absolute Gasteiger partial charge is 0.385 e. The lowest BCUT2D eigenvalue weighted by atomic mass is 10.1. The third kappa shape index (κ3) is 2.46. The highest BCUT2D eigenvalue weighted by Crippen LogP contribution is 2.26. The van der Waals surface area contributed by atoms with E-state index in [-0.39, 0.29) is 11.8 Å². The standard InChI is InChI=1S/C9H11ClN4OS/c10-5-1-6(16-4-5)2-9(15)3-7(11)13-8(12)14-9/h1,3-4,15H,2,11H2,(H3,12,13,14). The molecule has 0 aliphatic carbocycles. The Morgan fingerprint density at radius 1 is 1.56 bits per heavy atom. The average Bonchev–Trinajstić information content (AvgIpc) is 2.47. The van der Waals surface area contributed by atoms with Crippen molar-refractivity contribution in [3.63, 3.8) is 0 Å². The molecule has 6 N–H and O–H groups in total. The predicted octanol–water partition coefficient (Wildman–Crippen LogP) is 0.351. The molecule has 1 aliphatic heterocycles. The normalized spacial score (nSPS) is 24.6. The number of hydrogen-bond acceptors (Lipinski definition) is 6. The predicted molar refractivity (Wildman–Crippen MR) is 65.0 cm³/mol. The zero-order valence-corrected chi connectivity index (χ0v) is 9.85. The van der Waals surface area contributed by atoms with Crippen LogP contribution in [0.15, 0.2) is 28.3 Å². The van der Waals surface area contributed by atoms with Crippen molar-refractivity contribution >= 4 is 28.9 Å². The molecular formula is C9H11ClN4OS. The van der Waals surface area contributed by atoms with Crippen molar-refractivity contribution in [3.8, 4) is 0 Å². The molecule has 1 unspecified atom stereocenters. The van der Waals surface area contributed by atoms with Crippen molar-refractivity contribution in [2.45, 2.75) is 12.1 Å². The molecule has 1 atom stereocenters. The van der Waals surface area contributed by atoms with Crippen molar-refractivity contribution in [1.82, 2.24) is 5.32 Å². The number of aliphatic hydroxyl groups is 1. The first-order chi connectivity index (χ1) is 7.47. The Hall–Kier alpha value is -1.24. The Balaban J connectivity index is 2.22. The van der Waals surface area contributed by atoms with Crippen LogP contribution in [0, 0.1) is 0 Å². The topological polar surface area (TPSA) is 96.7 Å². The Labute approximate surface area is 101 Å². The van der Waals surface area contributed by atoms with E-state index in [1.165, 1.54) is 17.4 Å². The second kappa shape index (κ2) is 3.97. The van der Waals surface area contributed by atoms with E-state index >= 15 is 0 Å². The van der Waals surface area contributed by atoms with E-state index in [2.05, 4.69) is 10.3 Å². The first-order valence-electron chi connectivity index (χ1n) is 4.53. The molecule has 0 amide bonds. The van der Waals surface area contributed by atoms with Crippen LogP contribution in [0.2, 0.25) is 5.02 Å². The molecule has 0 bridgehead atoms. The van der Waals surface area contributed by atoms with Crippen LogP contribution >= 0.6 is 22.9 Å². The molecule has 0 fully saturated rings. The first kappa shape index (κ1) is 11.3. The van der Waals surface area contributed by atoms with Crippen molar-refractivity contribution in [3.05, 3.63) is 33.2 Å². The molecule has 0 aromatic carbocycles. The van der Waals surface area contributed by atoms with E-state index in [1.807, 2.05) is 0 Å². The Morgan fingerprint density at radius 2 is 2.31 bits per heavy atom. The molecule has 1 aliphatic rings. The van der Waals surface area contributed by atoms with Gasteiger partial charge in [0.1, 0.15) is 5.82 Å². The summed E-state index contributed by atoms with van der Waals surface area (Å²) in [5.41, 5.74) is 9.67. The summed E-state index contributed by atoms with van der Waals surface area (Å²) in [6, 6.07) is 1.78. The first-order valence-corrected chi connectivity index (χ1v) is 5.79. The number of guanidine groups is 1. The zero-order chi connectivity index (χ0) is 11.8. The van der Waals surface area contributed by atoms with Crippen molar-refractivity contribution < 1.29 is 5.11 Å². The van der Waals surface area contributed by atoms with Crippen LogP contribution in [0.5, 0.6) is 0 Å². The van der Waals surface area contributed by atoms with E-state index in [9.17, 15) is 5.11 Å². The summed E-state index contributed by atoms with van der Waals surface area (Å²) < 4.78 is 0. The fourth-order valence-electron chi connectivity index (χ4n) is 1.50. The molecule has 2 rings (SSSR count). The molecule has 0 saturated carbocycles. The van der Waals surface area contributed by atoms with Gasteiger partial charge in [-0.1, -0.05) is 11.6 Å². The molecule has 7 heteroatoms. The van der Waals surface area contributed by atoms with Crippen LogP contribution in [0.25, 0.3) is 0 Å². The van der Waals surface area contributed by atoms with E-state index in [0.717, 1.165) is 4.88 Å². The van der Waals surface area contributed by atoms with Gasteiger partial charge >= 0.3 is 0 Å². The third-order valence-electron chi connectivity index (χ3n) is 2.03. The number of halogens is 1. The lowest BCUT2D eigenvalue weighted by Gasteiger charge is -2.25. The quantitative estimate of drug-likeness (QED) is 0.615. The minimum atomic E-state index is -1.40. The van der Waals surface area contributed by atoms with Crippen LogP contribution in [-0.2, 0) is 6.42 Å². The molecule has 0 saturated heterocycles. The SMILES string of the molecule is NC1=CC(O)(Cc2cc(Cl)cs2)N=C(N)N1.